The number of amides is 4. The number of nitrogens with zero attached hydrogens (tertiary/aromatic N) is 4. The van der Waals surface area contributed by atoms with Crippen LogP contribution in [0.25, 0.3) is 5.52 Å². The average Bonchev–Trinajstić information content (AvgIpc) is 3.90. The molecule has 5 rings (SSSR count). The highest BCUT2D eigenvalue weighted by Crippen LogP contribution is 2.32. The Hall–Kier alpha value is -5.01. The molecule has 0 saturated heterocycles. The van der Waals surface area contributed by atoms with Gasteiger partial charge in [-0.1, -0.05) is 6.07 Å². The molecule has 4 amide bonds. The number of fused-ring (bicyclic) bond motifs is 1. The van der Waals surface area contributed by atoms with Gasteiger partial charge in [0.05, 0.1) is 5.56 Å². The first-order valence-corrected chi connectivity index (χ1v) is 13.6. The molecule has 0 bridgehead atoms. The van der Waals surface area contributed by atoms with Crippen molar-refractivity contribution in [2.45, 2.75) is 64.6 Å². The highest BCUT2D eigenvalue weighted by Gasteiger charge is 2.40. The van der Waals surface area contributed by atoms with Crippen LogP contribution in [0.1, 0.15) is 64.4 Å². The maximum Gasteiger partial charge on any atom is 0.419 e. The lowest BCUT2D eigenvalue weighted by molar-refractivity contribution is -0.154. The Morgan fingerprint density at radius 3 is 2.60 bits per heavy atom. The number of aryl methyl sites for hydroxylation is 2. The minimum atomic E-state index is -0.956. The van der Waals surface area contributed by atoms with Gasteiger partial charge in [-0.2, -0.15) is 5.10 Å². The lowest BCUT2D eigenvalue weighted by atomic mass is 10.1. The number of esters is 1. The Morgan fingerprint density at radius 2 is 1.90 bits per heavy atom. The Bertz CT molecular complexity index is 1560. The Morgan fingerprint density at radius 1 is 1.14 bits per heavy atom. The summed E-state index contributed by atoms with van der Waals surface area (Å²) < 4.78 is 11.4. The van der Waals surface area contributed by atoms with Crippen molar-refractivity contribution in [1.82, 2.24) is 30.1 Å². The molecule has 220 valence electrons. The van der Waals surface area contributed by atoms with Crippen molar-refractivity contribution in [3.8, 4) is 0 Å². The molecule has 14 heteroatoms. The van der Waals surface area contributed by atoms with E-state index in [-0.39, 0.29) is 23.6 Å². The smallest absolute Gasteiger partial charge is 0.419 e. The van der Waals surface area contributed by atoms with E-state index in [2.05, 4.69) is 26.0 Å². The summed E-state index contributed by atoms with van der Waals surface area (Å²) in [5.74, 6) is -1.12. The monoisotopic (exact) mass is 577 g/mol. The van der Waals surface area contributed by atoms with Crippen LogP contribution >= 0.6 is 0 Å². The number of benzene rings is 1. The Labute approximate surface area is 240 Å². The molecular formula is C28H31N7O7. The van der Waals surface area contributed by atoms with Gasteiger partial charge in [0.2, 0.25) is 13.2 Å². The van der Waals surface area contributed by atoms with E-state index in [0.29, 0.717) is 47.4 Å². The zero-order chi connectivity index (χ0) is 30.0. The number of hydrogen-bond acceptors (Lipinski definition) is 10. The minimum Gasteiger partial charge on any atom is -0.426 e. The minimum absolute atomic E-state index is 0.144. The van der Waals surface area contributed by atoms with Crippen molar-refractivity contribution in [1.29, 1.82) is 0 Å². The van der Waals surface area contributed by atoms with E-state index in [1.807, 2.05) is 13.0 Å². The molecule has 2 aromatic heterocycles. The quantitative estimate of drug-likeness (QED) is 0.174. The number of carbonyl (C=O) groups is 5. The van der Waals surface area contributed by atoms with Gasteiger partial charge in [-0.25, -0.2) is 24.0 Å². The molecule has 0 aliphatic heterocycles. The lowest BCUT2D eigenvalue weighted by Crippen LogP contribution is -2.40. The van der Waals surface area contributed by atoms with E-state index in [0.717, 1.165) is 23.3 Å². The van der Waals surface area contributed by atoms with Gasteiger partial charge in [0, 0.05) is 29.5 Å². The van der Waals surface area contributed by atoms with Crippen LogP contribution in [0.2, 0.25) is 0 Å². The van der Waals surface area contributed by atoms with Crippen LogP contribution in [0.4, 0.5) is 16.3 Å². The standard InChI is InChI=1S/C28H31N7O7/c1-15-4-5-18(25(37)32-19-6-7-19)10-22(15)33-24-23-16(2)21(11-34(23)31-12-29-24)26(38)35(20-8-9-20)28(40)42-14-41-27(39)17(3)30-13-36/h4-5,10-13,17,19-20H,6-9,14H2,1-3H3,(H,30,36)(H,32,37)(H,29,31,33). The van der Waals surface area contributed by atoms with Crippen LogP contribution in [0, 0.1) is 13.8 Å². The van der Waals surface area contributed by atoms with Crippen molar-refractivity contribution >= 4 is 47.3 Å². The molecule has 2 saturated carbocycles. The highest BCUT2D eigenvalue weighted by atomic mass is 16.7. The first kappa shape index (κ1) is 28.5. The predicted molar refractivity (Wildman–Crippen MR) is 148 cm³/mol. The summed E-state index contributed by atoms with van der Waals surface area (Å²) in [7, 11) is 0. The second-order valence-electron chi connectivity index (χ2n) is 10.4. The molecule has 42 heavy (non-hydrogen) atoms. The number of anilines is 2. The van der Waals surface area contributed by atoms with Gasteiger partial charge in [-0.3, -0.25) is 14.4 Å². The fourth-order valence-electron chi connectivity index (χ4n) is 4.35. The summed E-state index contributed by atoms with van der Waals surface area (Å²) in [6.07, 6.45) is 5.45. The number of carbonyl (C=O) groups excluding carboxylic acids is 5. The highest BCUT2D eigenvalue weighted by molar-refractivity contribution is 6.06. The molecule has 2 fully saturated rings. The topological polar surface area (TPSA) is 173 Å². The fourth-order valence-corrected chi connectivity index (χ4v) is 4.35. The number of ether oxygens (including phenoxy) is 2. The summed E-state index contributed by atoms with van der Waals surface area (Å²) in [6.45, 7) is 4.32. The Kier molecular flexibility index (Phi) is 8.04. The molecule has 1 atom stereocenters. The predicted octanol–water partition coefficient (Wildman–Crippen LogP) is 2.36. The second-order valence-corrected chi connectivity index (χ2v) is 10.4. The number of nitrogens with one attached hydrogen (secondary N) is 3. The van der Waals surface area contributed by atoms with Crippen LogP contribution in [0.5, 0.6) is 0 Å². The summed E-state index contributed by atoms with van der Waals surface area (Å²) >= 11 is 0. The molecule has 0 spiro atoms. The number of imide groups is 1. The molecule has 0 radical (unpaired) electrons. The van der Waals surface area contributed by atoms with Crippen molar-refractivity contribution in [3.63, 3.8) is 0 Å². The molecule has 1 aromatic carbocycles. The van der Waals surface area contributed by atoms with Crippen LogP contribution in [0.15, 0.2) is 30.7 Å². The van der Waals surface area contributed by atoms with Gasteiger partial charge >= 0.3 is 12.1 Å². The van der Waals surface area contributed by atoms with Crippen LogP contribution in [0.3, 0.4) is 0 Å². The SMILES string of the molecule is Cc1ccc(C(=O)NC2CC2)cc1Nc1ncnn2cc(C(=O)N(C(=O)OCOC(=O)C(C)NC=O)C3CC3)c(C)c12. The zero-order valence-electron chi connectivity index (χ0n) is 23.4. The van der Waals surface area contributed by atoms with Crippen molar-refractivity contribution in [2.75, 3.05) is 12.1 Å². The van der Waals surface area contributed by atoms with Crippen LogP contribution < -0.4 is 16.0 Å². The number of rotatable bonds is 11. The lowest BCUT2D eigenvalue weighted by Gasteiger charge is -2.20. The third-order valence-corrected chi connectivity index (χ3v) is 7.11. The van der Waals surface area contributed by atoms with E-state index < -0.39 is 30.8 Å². The van der Waals surface area contributed by atoms with Gasteiger partial charge in [0.1, 0.15) is 17.9 Å². The maximum atomic E-state index is 13.6. The average molecular weight is 578 g/mol. The van der Waals surface area contributed by atoms with Crippen LogP contribution in [-0.2, 0) is 19.1 Å². The summed E-state index contributed by atoms with van der Waals surface area (Å²) in [4.78, 5) is 66.9. The zero-order valence-corrected chi connectivity index (χ0v) is 23.4. The number of aromatic nitrogens is 3. The van der Waals surface area contributed by atoms with Gasteiger partial charge < -0.3 is 25.4 Å². The first-order chi connectivity index (χ1) is 20.2. The van der Waals surface area contributed by atoms with Gasteiger partial charge in [-0.05, 0) is 69.7 Å². The molecule has 1 unspecified atom stereocenters. The van der Waals surface area contributed by atoms with Crippen LogP contribution in [-0.4, -0.2) is 74.7 Å². The van der Waals surface area contributed by atoms with E-state index in [1.165, 1.54) is 24.0 Å². The first-order valence-electron chi connectivity index (χ1n) is 13.6. The molecule has 3 N–H and O–H groups in total. The molecule has 2 heterocycles. The molecular weight excluding hydrogens is 546 g/mol. The molecule has 2 aliphatic carbocycles. The van der Waals surface area contributed by atoms with Gasteiger partial charge in [0.15, 0.2) is 5.82 Å². The van der Waals surface area contributed by atoms with Gasteiger partial charge in [-0.15, -0.1) is 0 Å². The van der Waals surface area contributed by atoms with Crippen molar-refractivity contribution < 1.29 is 33.4 Å². The largest absolute Gasteiger partial charge is 0.426 e. The number of hydrogen-bond donors (Lipinski definition) is 3. The summed E-state index contributed by atoms with van der Waals surface area (Å²) in [5.41, 5.74) is 3.34. The molecule has 2 aliphatic rings. The van der Waals surface area contributed by atoms with Gasteiger partial charge in [0.25, 0.3) is 11.8 Å². The third-order valence-electron chi connectivity index (χ3n) is 7.11. The normalized spacial score (nSPS) is 14.9. The summed E-state index contributed by atoms with van der Waals surface area (Å²) in [5, 5.41) is 12.7. The van der Waals surface area contributed by atoms with E-state index in [1.54, 1.807) is 19.1 Å². The Balaban J connectivity index is 1.35. The molecule has 14 nitrogen and oxygen atoms in total. The molecule has 3 aromatic rings. The van der Waals surface area contributed by atoms with Crippen molar-refractivity contribution in [3.05, 3.63) is 53.0 Å². The van der Waals surface area contributed by atoms with Crippen molar-refractivity contribution in [2.24, 2.45) is 0 Å². The van der Waals surface area contributed by atoms with E-state index in [4.69, 9.17) is 9.47 Å². The van der Waals surface area contributed by atoms with E-state index >= 15 is 0 Å². The fraction of sp³-hybridized carbons (Fsp3) is 0.393. The second kappa shape index (κ2) is 11.8. The summed E-state index contributed by atoms with van der Waals surface area (Å²) in [6, 6.07) is 4.32. The third kappa shape index (κ3) is 6.16. The maximum absolute atomic E-state index is 13.6. The van der Waals surface area contributed by atoms with E-state index in [9.17, 15) is 24.0 Å².